The van der Waals surface area contributed by atoms with Crippen molar-refractivity contribution >= 4 is 11.8 Å². The van der Waals surface area contributed by atoms with Gasteiger partial charge in [0.2, 0.25) is 17.7 Å². The Bertz CT molecular complexity index is 1020. The van der Waals surface area contributed by atoms with Crippen LogP contribution in [-0.4, -0.2) is 39.3 Å². The number of aryl methyl sites for hydroxylation is 1. The standard InChI is InChI=1S/C23H24N4O3/c1-16-20(26-23(30-16)18-5-3-2-4-6-18)13-22(29)27(14-17-9-11-24-12-10-17)15-19-7-8-21(28)25-19/h2-6,9-12,19H,7-8,13-15H2,1H3,(H,25,28)/t19-/m0/s1. The van der Waals surface area contributed by atoms with Gasteiger partial charge in [-0.25, -0.2) is 4.98 Å². The molecule has 2 aromatic heterocycles. The molecule has 1 aliphatic rings. The Morgan fingerprint density at radius 1 is 1.20 bits per heavy atom. The lowest BCUT2D eigenvalue weighted by atomic mass is 10.1. The number of nitrogens with zero attached hydrogens (tertiary/aromatic N) is 3. The van der Waals surface area contributed by atoms with Crippen molar-refractivity contribution in [3.05, 3.63) is 71.9 Å². The summed E-state index contributed by atoms with van der Waals surface area (Å²) in [6.45, 7) is 2.75. The van der Waals surface area contributed by atoms with Crippen LogP contribution in [0.3, 0.4) is 0 Å². The van der Waals surface area contributed by atoms with Gasteiger partial charge in [-0.15, -0.1) is 0 Å². The topological polar surface area (TPSA) is 88.3 Å². The zero-order valence-electron chi connectivity index (χ0n) is 16.9. The van der Waals surface area contributed by atoms with Crippen LogP contribution in [0.15, 0.2) is 59.3 Å². The molecule has 0 radical (unpaired) electrons. The van der Waals surface area contributed by atoms with E-state index in [1.807, 2.05) is 49.4 Å². The Balaban J connectivity index is 1.51. The highest BCUT2D eigenvalue weighted by Gasteiger charge is 2.26. The maximum absolute atomic E-state index is 13.2. The molecule has 4 rings (SSSR count). The van der Waals surface area contributed by atoms with E-state index in [-0.39, 0.29) is 24.3 Å². The van der Waals surface area contributed by atoms with Gasteiger partial charge in [-0.05, 0) is 43.2 Å². The predicted octanol–water partition coefficient (Wildman–Crippen LogP) is 2.89. The van der Waals surface area contributed by atoms with E-state index in [1.165, 1.54) is 0 Å². The maximum atomic E-state index is 13.2. The highest BCUT2D eigenvalue weighted by Crippen LogP contribution is 2.22. The monoisotopic (exact) mass is 404 g/mol. The molecule has 3 aromatic rings. The Labute approximate surface area is 175 Å². The van der Waals surface area contributed by atoms with Crippen molar-refractivity contribution in [1.82, 2.24) is 20.2 Å². The average Bonchev–Trinajstić information content (AvgIpc) is 3.34. The summed E-state index contributed by atoms with van der Waals surface area (Å²) in [7, 11) is 0. The van der Waals surface area contributed by atoms with Crippen molar-refractivity contribution in [1.29, 1.82) is 0 Å². The van der Waals surface area contributed by atoms with Crippen molar-refractivity contribution in [3.63, 3.8) is 0 Å². The molecule has 0 unspecified atom stereocenters. The second-order valence-corrected chi connectivity index (χ2v) is 7.50. The summed E-state index contributed by atoms with van der Waals surface area (Å²) in [5.41, 5.74) is 2.50. The number of pyridine rings is 1. The molecule has 1 fully saturated rings. The number of hydrogen-bond donors (Lipinski definition) is 1. The zero-order valence-corrected chi connectivity index (χ0v) is 16.9. The SMILES string of the molecule is Cc1oc(-c2ccccc2)nc1CC(=O)N(Cc1ccncc1)C[C@@H]1CCC(=O)N1. The number of nitrogens with one attached hydrogen (secondary N) is 1. The zero-order chi connectivity index (χ0) is 20.9. The van der Waals surface area contributed by atoms with Gasteiger partial charge in [0.1, 0.15) is 5.76 Å². The molecule has 1 saturated heterocycles. The number of oxazole rings is 1. The van der Waals surface area contributed by atoms with Crippen molar-refractivity contribution in [2.24, 2.45) is 0 Å². The van der Waals surface area contributed by atoms with E-state index in [1.54, 1.807) is 17.3 Å². The molecule has 3 heterocycles. The highest BCUT2D eigenvalue weighted by molar-refractivity contribution is 5.80. The van der Waals surface area contributed by atoms with Crippen LogP contribution in [0.1, 0.15) is 29.9 Å². The normalized spacial score (nSPS) is 15.8. The van der Waals surface area contributed by atoms with E-state index in [0.717, 1.165) is 17.5 Å². The lowest BCUT2D eigenvalue weighted by Gasteiger charge is -2.26. The Morgan fingerprint density at radius 2 is 1.97 bits per heavy atom. The van der Waals surface area contributed by atoms with Crippen LogP contribution in [0.25, 0.3) is 11.5 Å². The number of benzene rings is 1. The second kappa shape index (κ2) is 8.90. The Morgan fingerprint density at radius 3 is 2.67 bits per heavy atom. The summed E-state index contributed by atoms with van der Waals surface area (Å²) in [6.07, 6.45) is 4.81. The largest absolute Gasteiger partial charge is 0.441 e. The van der Waals surface area contributed by atoms with Crippen LogP contribution in [0.5, 0.6) is 0 Å². The number of hydrogen-bond acceptors (Lipinski definition) is 5. The number of aromatic nitrogens is 2. The van der Waals surface area contributed by atoms with Gasteiger partial charge in [0.15, 0.2) is 0 Å². The molecule has 30 heavy (non-hydrogen) atoms. The van der Waals surface area contributed by atoms with E-state index in [9.17, 15) is 9.59 Å². The summed E-state index contributed by atoms with van der Waals surface area (Å²) in [4.78, 5) is 35.2. The van der Waals surface area contributed by atoms with Gasteiger partial charge < -0.3 is 14.6 Å². The summed E-state index contributed by atoms with van der Waals surface area (Å²) in [5.74, 6) is 1.14. The second-order valence-electron chi connectivity index (χ2n) is 7.50. The summed E-state index contributed by atoms with van der Waals surface area (Å²) in [5, 5.41) is 2.95. The fourth-order valence-electron chi connectivity index (χ4n) is 3.59. The number of amides is 2. The molecule has 0 aliphatic carbocycles. The van der Waals surface area contributed by atoms with Gasteiger partial charge in [-0.3, -0.25) is 14.6 Å². The quantitative estimate of drug-likeness (QED) is 0.654. The average molecular weight is 404 g/mol. The number of carbonyl (C=O) groups excluding carboxylic acids is 2. The first-order chi connectivity index (χ1) is 14.6. The minimum Gasteiger partial charge on any atom is -0.441 e. The molecule has 7 nitrogen and oxygen atoms in total. The number of rotatable bonds is 7. The maximum Gasteiger partial charge on any atom is 0.229 e. The smallest absolute Gasteiger partial charge is 0.229 e. The first-order valence-electron chi connectivity index (χ1n) is 10.1. The third kappa shape index (κ3) is 4.74. The molecule has 1 aromatic carbocycles. The van der Waals surface area contributed by atoms with Crippen molar-refractivity contribution in [2.45, 2.75) is 38.8 Å². The molecule has 0 saturated carbocycles. The molecule has 0 bridgehead atoms. The van der Waals surface area contributed by atoms with Crippen molar-refractivity contribution in [2.75, 3.05) is 6.54 Å². The molecule has 1 N–H and O–H groups in total. The van der Waals surface area contributed by atoms with Crippen molar-refractivity contribution < 1.29 is 14.0 Å². The molecule has 1 aliphatic heterocycles. The minimum absolute atomic E-state index is 0.0263. The third-order valence-corrected chi connectivity index (χ3v) is 5.23. The lowest BCUT2D eigenvalue weighted by Crippen LogP contribution is -2.42. The molecule has 2 amide bonds. The fourth-order valence-corrected chi connectivity index (χ4v) is 3.59. The van der Waals surface area contributed by atoms with Crippen LogP contribution < -0.4 is 5.32 Å². The Hall–Kier alpha value is -3.48. The van der Waals surface area contributed by atoms with Crippen LogP contribution in [0, 0.1) is 6.92 Å². The summed E-state index contributed by atoms with van der Waals surface area (Å²) in [6, 6.07) is 13.4. The van der Waals surface area contributed by atoms with E-state index >= 15 is 0 Å². The van der Waals surface area contributed by atoms with Gasteiger partial charge in [0.25, 0.3) is 0 Å². The Kier molecular flexibility index (Phi) is 5.88. The fraction of sp³-hybridized carbons (Fsp3) is 0.304. The summed E-state index contributed by atoms with van der Waals surface area (Å²) < 4.78 is 5.80. The van der Waals surface area contributed by atoms with Crippen LogP contribution in [-0.2, 0) is 22.6 Å². The van der Waals surface area contributed by atoms with Gasteiger partial charge in [0, 0.05) is 43.5 Å². The molecule has 154 valence electrons. The van der Waals surface area contributed by atoms with E-state index in [2.05, 4.69) is 15.3 Å². The predicted molar refractivity (Wildman–Crippen MR) is 111 cm³/mol. The number of carbonyl (C=O) groups is 2. The van der Waals surface area contributed by atoms with Crippen LogP contribution in [0.2, 0.25) is 0 Å². The van der Waals surface area contributed by atoms with Crippen LogP contribution >= 0.6 is 0 Å². The molecular formula is C23H24N4O3. The molecular weight excluding hydrogens is 380 g/mol. The van der Waals surface area contributed by atoms with E-state index in [0.29, 0.717) is 36.9 Å². The molecule has 7 heteroatoms. The molecule has 0 spiro atoms. The minimum atomic E-state index is -0.0519. The van der Waals surface area contributed by atoms with Gasteiger partial charge in [-0.1, -0.05) is 18.2 Å². The van der Waals surface area contributed by atoms with Crippen molar-refractivity contribution in [3.8, 4) is 11.5 Å². The van der Waals surface area contributed by atoms with Crippen LogP contribution in [0.4, 0.5) is 0 Å². The first-order valence-corrected chi connectivity index (χ1v) is 10.1. The third-order valence-electron chi connectivity index (χ3n) is 5.23. The summed E-state index contributed by atoms with van der Waals surface area (Å²) >= 11 is 0. The lowest BCUT2D eigenvalue weighted by molar-refractivity contribution is -0.131. The highest BCUT2D eigenvalue weighted by atomic mass is 16.4. The van der Waals surface area contributed by atoms with E-state index < -0.39 is 0 Å². The molecule has 1 atom stereocenters. The van der Waals surface area contributed by atoms with Gasteiger partial charge >= 0.3 is 0 Å². The first kappa shape index (κ1) is 19.8. The van der Waals surface area contributed by atoms with Gasteiger partial charge in [0.05, 0.1) is 12.1 Å². The van der Waals surface area contributed by atoms with E-state index in [4.69, 9.17) is 4.42 Å². The van der Waals surface area contributed by atoms with Gasteiger partial charge in [-0.2, -0.15) is 0 Å².